The van der Waals surface area contributed by atoms with Gasteiger partial charge in [-0.2, -0.15) is 23.7 Å². The highest BCUT2D eigenvalue weighted by atomic mass is 32.2. The maximum atomic E-state index is 5.22. The predicted molar refractivity (Wildman–Crippen MR) is 52.6 cm³/mol. The van der Waals surface area contributed by atoms with Crippen LogP contribution in [0.3, 0.4) is 0 Å². The van der Waals surface area contributed by atoms with Crippen molar-refractivity contribution in [2.75, 3.05) is 11.9 Å². The van der Waals surface area contributed by atoms with Crippen molar-refractivity contribution >= 4 is 39.7 Å². The molecule has 0 fully saturated rings. The number of hydrogen-bond donors (Lipinski definition) is 2. The number of rotatable bonds is 5. The zero-order valence-electron chi connectivity index (χ0n) is 5.41. The van der Waals surface area contributed by atoms with Gasteiger partial charge in [0.2, 0.25) is 0 Å². The fourth-order valence-corrected chi connectivity index (χ4v) is 2.14. The topological polar surface area (TPSA) is 18.5 Å². The highest BCUT2D eigenvalue weighted by Gasteiger charge is 1.98. The Labute approximate surface area is 67.5 Å². The third kappa shape index (κ3) is 5.55. The Kier molecular flexibility index (Phi) is 8.12. The second-order valence-electron chi connectivity index (χ2n) is 1.35. The Hall–Kier alpha value is 1.11. The van der Waals surface area contributed by atoms with Gasteiger partial charge >= 0.3 is 0 Å². The van der Waals surface area contributed by atoms with Crippen LogP contribution in [0.15, 0.2) is 0 Å². The molecule has 0 rings (SSSR count). The molecule has 2 nitrogen and oxygen atoms in total. The van der Waals surface area contributed by atoms with Crippen molar-refractivity contribution < 1.29 is 8.71 Å². The van der Waals surface area contributed by atoms with E-state index in [-0.39, 0.29) is 11.0 Å². The molecule has 0 saturated carbocycles. The molecule has 56 valence electrons. The summed E-state index contributed by atoms with van der Waals surface area (Å²) in [5.41, 5.74) is 0. The van der Waals surface area contributed by atoms with Crippen molar-refractivity contribution in [2.24, 2.45) is 0 Å². The third-order valence-electron chi connectivity index (χ3n) is 0.812. The van der Waals surface area contributed by atoms with Crippen LogP contribution in [-0.4, -0.2) is 18.4 Å². The average Bonchev–Trinajstić information content (AvgIpc) is 1.88. The first-order valence-electron chi connectivity index (χ1n) is 2.65. The minimum atomic E-state index is -0.378. The van der Waals surface area contributed by atoms with Crippen LogP contribution >= 0.6 is 33.1 Å². The van der Waals surface area contributed by atoms with Gasteiger partial charge in [0.05, 0.1) is 5.94 Å². The summed E-state index contributed by atoms with van der Waals surface area (Å²) in [6, 6.07) is 0. The molecule has 9 heavy (non-hydrogen) atoms. The Morgan fingerprint density at radius 3 is 2.78 bits per heavy atom. The summed E-state index contributed by atoms with van der Waals surface area (Å²) in [6.45, 7) is 3.11. The molecule has 2 atom stereocenters. The molecule has 0 aliphatic carbocycles. The van der Waals surface area contributed by atoms with Gasteiger partial charge in [0, 0.05) is 9.47 Å². The lowest BCUT2D eigenvalue weighted by Crippen LogP contribution is -1.97. The minimum Gasteiger partial charge on any atom is -0.356 e. The highest BCUT2D eigenvalue weighted by molar-refractivity contribution is 8.33. The van der Waals surface area contributed by atoms with Gasteiger partial charge in [-0.3, -0.25) is 0 Å². The molecule has 0 amide bonds. The quantitative estimate of drug-likeness (QED) is 0.288. The predicted octanol–water partition coefficient (Wildman–Crippen LogP) is 0.970. The van der Waals surface area contributed by atoms with Crippen molar-refractivity contribution in [2.45, 2.75) is 6.82 Å². The summed E-state index contributed by atoms with van der Waals surface area (Å²) in [5.74, 6) is 1.19. The molecular weight excluding hydrogens is 174 g/mol. The van der Waals surface area contributed by atoms with E-state index in [0.717, 1.165) is 6.56 Å². The van der Waals surface area contributed by atoms with Crippen LogP contribution in [0.2, 0.25) is 6.82 Å². The van der Waals surface area contributed by atoms with E-state index in [4.69, 9.17) is 8.71 Å². The van der Waals surface area contributed by atoms with Gasteiger partial charge in [0.15, 0.2) is 6.56 Å². The normalized spacial score (nSPS) is 15.2. The first-order chi connectivity index (χ1) is 4.35. The van der Waals surface area contributed by atoms with E-state index >= 15 is 0 Å². The lowest BCUT2D eigenvalue weighted by Gasteiger charge is -2.16. The summed E-state index contributed by atoms with van der Waals surface area (Å²) in [7, 11) is 2.21. The average molecular weight is 186 g/mol. The fourth-order valence-electron chi connectivity index (χ4n) is 0.385. The molecular formula is C3H12BO2PS2. The molecule has 0 aromatic heterocycles. The molecule has 0 aliphatic rings. The molecule has 6 heteroatoms. The van der Waals surface area contributed by atoms with Crippen LogP contribution in [-0.2, 0) is 8.71 Å². The monoisotopic (exact) mass is 186 g/mol. The Morgan fingerprint density at radius 1 is 1.78 bits per heavy atom. The Bertz CT molecular complexity index is 61.8. The first kappa shape index (κ1) is 10.1. The zero-order valence-corrected chi connectivity index (χ0v) is 8.35. The maximum Gasteiger partial charge on any atom is 0.198 e. The van der Waals surface area contributed by atoms with Crippen LogP contribution in [0.4, 0.5) is 0 Å². The second-order valence-corrected chi connectivity index (χ2v) is 4.06. The third-order valence-corrected chi connectivity index (χ3v) is 3.23. The summed E-state index contributed by atoms with van der Waals surface area (Å²) >= 11 is 3.56. The molecule has 0 aromatic rings. The standard InChI is InChI=1S/C3H12BO2PS2/c1-4-9(3-5-7)6-2-8/h4,8-9H,2-3,7H2,1H3. The molecule has 0 aromatic carbocycles. The van der Waals surface area contributed by atoms with Crippen molar-refractivity contribution in [3.8, 4) is 0 Å². The summed E-state index contributed by atoms with van der Waals surface area (Å²) in [6.07, 6.45) is 0. The Balaban J connectivity index is 3.18. The number of hydrogen-bond acceptors (Lipinski definition) is 3. The number of thiol groups is 2. The molecule has 0 heterocycles. The van der Waals surface area contributed by atoms with Gasteiger partial charge in [-0.25, -0.2) is 0 Å². The van der Waals surface area contributed by atoms with Gasteiger partial charge < -0.3 is 8.71 Å². The Morgan fingerprint density at radius 2 is 2.44 bits per heavy atom. The van der Waals surface area contributed by atoms with Gasteiger partial charge in [-0.15, -0.1) is 0 Å². The zero-order chi connectivity index (χ0) is 7.11. The molecule has 0 aliphatic heterocycles. The molecule has 0 saturated heterocycles. The van der Waals surface area contributed by atoms with E-state index in [1.54, 1.807) is 0 Å². The minimum absolute atomic E-state index is 0.378. The molecule has 2 unspecified atom stereocenters. The smallest absolute Gasteiger partial charge is 0.198 e. The van der Waals surface area contributed by atoms with E-state index in [1.165, 1.54) is 0 Å². The fraction of sp³-hybridized carbons (Fsp3) is 1.00. The maximum absolute atomic E-state index is 5.22. The van der Waals surface area contributed by atoms with E-state index in [9.17, 15) is 0 Å². The van der Waals surface area contributed by atoms with Crippen LogP contribution in [0, 0.1) is 0 Å². The van der Waals surface area contributed by atoms with Crippen LogP contribution in [0.1, 0.15) is 0 Å². The molecule has 0 bridgehead atoms. The first-order valence-corrected chi connectivity index (χ1v) is 5.39. The second kappa shape index (κ2) is 7.22. The summed E-state index contributed by atoms with van der Waals surface area (Å²) in [4.78, 5) is 0. The molecule has 0 N–H and O–H groups in total. The van der Waals surface area contributed by atoms with Crippen LogP contribution in [0.25, 0.3) is 0 Å². The van der Waals surface area contributed by atoms with E-state index in [2.05, 4.69) is 28.9 Å². The van der Waals surface area contributed by atoms with Gasteiger partial charge in [-0.05, 0) is 0 Å². The summed E-state index contributed by atoms with van der Waals surface area (Å²) in [5, 5.41) is 0. The molecule has 0 spiro atoms. The van der Waals surface area contributed by atoms with E-state index in [1.807, 2.05) is 0 Å². The lowest BCUT2D eigenvalue weighted by molar-refractivity contribution is 0.412. The van der Waals surface area contributed by atoms with Crippen molar-refractivity contribution in [1.82, 2.24) is 0 Å². The lowest BCUT2D eigenvalue weighted by atomic mass is 10.2. The van der Waals surface area contributed by atoms with Crippen molar-refractivity contribution in [3.05, 3.63) is 0 Å². The van der Waals surface area contributed by atoms with Crippen LogP contribution in [0.5, 0.6) is 0 Å². The van der Waals surface area contributed by atoms with E-state index in [0.29, 0.717) is 11.9 Å². The van der Waals surface area contributed by atoms with Gasteiger partial charge in [0.25, 0.3) is 0 Å². The SMILES string of the molecule is CB[SH](COP)OCS. The molecule has 0 radical (unpaired) electrons. The van der Waals surface area contributed by atoms with Crippen molar-refractivity contribution in [3.63, 3.8) is 0 Å². The van der Waals surface area contributed by atoms with Gasteiger partial charge in [0.1, 0.15) is 5.94 Å². The largest absolute Gasteiger partial charge is 0.356 e. The van der Waals surface area contributed by atoms with Crippen LogP contribution < -0.4 is 0 Å². The summed E-state index contributed by atoms with van der Waals surface area (Å²) < 4.78 is 10.1. The highest BCUT2D eigenvalue weighted by Crippen LogP contribution is 2.24. The van der Waals surface area contributed by atoms with E-state index < -0.39 is 0 Å². The van der Waals surface area contributed by atoms with Gasteiger partial charge in [-0.1, -0.05) is 6.82 Å². The van der Waals surface area contributed by atoms with Crippen molar-refractivity contribution in [1.29, 1.82) is 0 Å².